The number of rotatable bonds is 7. The molecule has 2 N–H and O–H groups in total. The largest absolute Gasteiger partial charge is 0.378 e. The van der Waals surface area contributed by atoms with E-state index in [0.29, 0.717) is 49.9 Å². The minimum atomic E-state index is -0.419. The molecule has 1 unspecified atom stereocenters. The zero-order valence-corrected chi connectivity index (χ0v) is 20.5. The highest BCUT2D eigenvalue weighted by molar-refractivity contribution is 5.79. The summed E-state index contributed by atoms with van der Waals surface area (Å²) in [5.74, 6) is 1.15. The van der Waals surface area contributed by atoms with Crippen molar-refractivity contribution in [1.82, 2.24) is 24.8 Å². The van der Waals surface area contributed by atoms with Gasteiger partial charge in [0.2, 0.25) is 11.9 Å². The first kappa shape index (κ1) is 23.7. The van der Waals surface area contributed by atoms with Gasteiger partial charge in [-0.15, -0.1) is 0 Å². The molecule has 1 aliphatic heterocycles. The SMILES string of the molecule is Cc1nc(N2CCOCC2)[nH]c(=O)c1CCC(=O)NC(c1ccccc1)c1nc2ccccc2n1C. The van der Waals surface area contributed by atoms with Crippen LogP contribution in [-0.2, 0) is 23.0 Å². The van der Waals surface area contributed by atoms with E-state index in [2.05, 4.69) is 15.3 Å². The summed E-state index contributed by atoms with van der Waals surface area (Å²) in [6, 6.07) is 17.3. The molecule has 36 heavy (non-hydrogen) atoms. The van der Waals surface area contributed by atoms with Gasteiger partial charge in [-0.25, -0.2) is 9.97 Å². The Morgan fingerprint density at radius 2 is 1.81 bits per heavy atom. The number of para-hydroxylation sites is 2. The number of hydrogen-bond acceptors (Lipinski definition) is 6. The Bertz CT molecular complexity index is 1420. The lowest BCUT2D eigenvalue weighted by Crippen LogP contribution is -2.38. The third-order valence-electron chi connectivity index (χ3n) is 6.64. The Kier molecular flexibility index (Phi) is 6.81. The number of H-pyrrole nitrogens is 1. The highest BCUT2D eigenvalue weighted by Crippen LogP contribution is 2.25. The summed E-state index contributed by atoms with van der Waals surface area (Å²) >= 11 is 0. The quantitative estimate of drug-likeness (QED) is 0.416. The summed E-state index contributed by atoms with van der Waals surface area (Å²) in [5.41, 5.74) is 3.78. The third-order valence-corrected chi connectivity index (χ3v) is 6.64. The molecule has 1 fully saturated rings. The van der Waals surface area contributed by atoms with Gasteiger partial charge in [0.25, 0.3) is 5.56 Å². The number of hydrogen-bond donors (Lipinski definition) is 2. The summed E-state index contributed by atoms with van der Waals surface area (Å²) in [6.07, 6.45) is 0.462. The molecule has 1 amide bonds. The summed E-state index contributed by atoms with van der Waals surface area (Å²) in [5, 5.41) is 3.15. The van der Waals surface area contributed by atoms with E-state index >= 15 is 0 Å². The van der Waals surface area contributed by atoms with Gasteiger partial charge in [0.15, 0.2) is 0 Å². The van der Waals surface area contributed by atoms with E-state index < -0.39 is 6.04 Å². The number of nitrogens with one attached hydrogen (secondary N) is 2. The van der Waals surface area contributed by atoms with Gasteiger partial charge in [-0.3, -0.25) is 14.6 Å². The van der Waals surface area contributed by atoms with Crippen LogP contribution in [0.2, 0.25) is 0 Å². The van der Waals surface area contributed by atoms with Crippen LogP contribution in [0.3, 0.4) is 0 Å². The second-order valence-electron chi connectivity index (χ2n) is 8.98. The number of aromatic nitrogens is 4. The van der Waals surface area contributed by atoms with Crippen LogP contribution in [0.15, 0.2) is 59.4 Å². The summed E-state index contributed by atoms with van der Waals surface area (Å²) < 4.78 is 7.39. The Balaban J connectivity index is 1.34. The van der Waals surface area contributed by atoms with E-state index in [1.807, 2.05) is 78.0 Å². The number of morpholine rings is 1. The van der Waals surface area contributed by atoms with E-state index in [-0.39, 0.29) is 17.9 Å². The zero-order valence-electron chi connectivity index (χ0n) is 20.5. The maximum absolute atomic E-state index is 13.1. The molecule has 0 aliphatic carbocycles. The fraction of sp³-hybridized carbons (Fsp3) is 0.333. The lowest BCUT2D eigenvalue weighted by Gasteiger charge is -2.27. The zero-order chi connectivity index (χ0) is 25.1. The van der Waals surface area contributed by atoms with Crippen molar-refractivity contribution in [2.45, 2.75) is 25.8 Å². The monoisotopic (exact) mass is 486 g/mol. The third kappa shape index (κ3) is 4.87. The van der Waals surface area contributed by atoms with Crippen molar-refractivity contribution < 1.29 is 9.53 Å². The molecule has 9 heteroatoms. The maximum Gasteiger partial charge on any atom is 0.255 e. The maximum atomic E-state index is 13.1. The van der Waals surface area contributed by atoms with Crippen LogP contribution in [0.4, 0.5) is 5.95 Å². The van der Waals surface area contributed by atoms with Crippen molar-refractivity contribution in [2.75, 3.05) is 31.2 Å². The van der Waals surface area contributed by atoms with Crippen molar-refractivity contribution in [3.63, 3.8) is 0 Å². The predicted octanol–water partition coefficient (Wildman–Crippen LogP) is 2.64. The fourth-order valence-corrected chi connectivity index (χ4v) is 4.65. The number of amides is 1. The lowest BCUT2D eigenvalue weighted by atomic mass is 10.0. The number of carbonyl (C=O) groups excluding carboxylic acids is 1. The van der Waals surface area contributed by atoms with Gasteiger partial charge in [0.1, 0.15) is 11.9 Å². The van der Waals surface area contributed by atoms with Gasteiger partial charge >= 0.3 is 0 Å². The summed E-state index contributed by atoms with van der Waals surface area (Å²) in [7, 11) is 1.96. The van der Waals surface area contributed by atoms with Crippen LogP contribution in [0.1, 0.15) is 35.1 Å². The molecular formula is C27H30N6O3. The number of imidazole rings is 1. The molecule has 1 saturated heterocycles. The number of aromatic amines is 1. The summed E-state index contributed by atoms with van der Waals surface area (Å²) in [4.78, 5) is 40.3. The highest BCUT2D eigenvalue weighted by atomic mass is 16.5. The Morgan fingerprint density at radius 3 is 2.53 bits per heavy atom. The molecule has 1 aliphatic rings. The molecule has 2 aromatic carbocycles. The first-order chi connectivity index (χ1) is 17.5. The van der Waals surface area contributed by atoms with Gasteiger partial charge in [-0.2, -0.15) is 0 Å². The van der Waals surface area contributed by atoms with Crippen LogP contribution in [0, 0.1) is 6.92 Å². The van der Waals surface area contributed by atoms with Gasteiger partial charge in [0, 0.05) is 37.8 Å². The van der Waals surface area contributed by atoms with E-state index in [9.17, 15) is 9.59 Å². The lowest BCUT2D eigenvalue weighted by molar-refractivity contribution is -0.121. The second kappa shape index (κ2) is 10.3. The van der Waals surface area contributed by atoms with E-state index in [0.717, 1.165) is 22.4 Å². The molecule has 9 nitrogen and oxygen atoms in total. The minimum Gasteiger partial charge on any atom is -0.378 e. The number of fused-ring (bicyclic) bond motifs is 1. The van der Waals surface area contributed by atoms with Crippen molar-refractivity contribution in [3.8, 4) is 0 Å². The molecule has 4 aromatic rings. The predicted molar refractivity (Wildman–Crippen MR) is 138 cm³/mol. The second-order valence-corrected chi connectivity index (χ2v) is 8.98. The molecule has 2 aromatic heterocycles. The Hall–Kier alpha value is -3.98. The Morgan fingerprint density at radius 1 is 1.08 bits per heavy atom. The van der Waals surface area contributed by atoms with E-state index in [1.165, 1.54) is 0 Å². The Labute approximate surface area is 209 Å². The van der Waals surface area contributed by atoms with Crippen LogP contribution >= 0.6 is 0 Å². The number of carbonyl (C=O) groups is 1. The number of anilines is 1. The number of ether oxygens (including phenoxy) is 1. The smallest absolute Gasteiger partial charge is 0.255 e. The van der Waals surface area contributed by atoms with Gasteiger partial charge in [0.05, 0.1) is 24.2 Å². The first-order valence-electron chi connectivity index (χ1n) is 12.2. The summed E-state index contributed by atoms with van der Waals surface area (Å²) in [6.45, 7) is 4.41. The fourth-order valence-electron chi connectivity index (χ4n) is 4.65. The van der Waals surface area contributed by atoms with Crippen LogP contribution in [0.5, 0.6) is 0 Å². The van der Waals surface area contributed by atoms with Crippen LogP contribution < -0.4 is 15.8 Å². The molecule has 0 saturated carbocycles. The average molecular weight is 487 g/mol. The number of nitrogens with zero attached hydrogens (tertiary/aromatic N) is 4. The molecule has 3 heterocycles. The first-order valence-corrected chi connectivity index (χ1v) is 12.2. The van der Waals surface area contributed by atoms with E-state index in [4.69, 9.17) is 9.72 Å². The van der Waals surface area contributed by atoms with Crippen molar-refractivity contribution in [2.24, 2.45) is 7.05 Å². The van der Waals surface area contributed by atoms with Gasteiger partial charge in [-0.05, 0) is 31.0 Å². The van der Waals surface area contributed by atoms with Crippen molar-refractivity contribution in [3.05, 3.63) is 87.6 Å². The number of benzene rings is 2. The topological polar surface area (TPSA) is 105 Å². The molecule has 186 valence electrons. The molecule has 1 atom stereocenters. The van der Waals surface area contributed by atoms with Gasteiger partial charge < -0.3 is 19.5 Å². The van der Waals surface area contributed by atoms with E-state index in [1.54, 1.807) is 0 Å². The average Bonchev–Trinajstić information content (AvgIpc) is 3.24. The van der Waals surface area contributed by atoms with Crippen LogP contribution in [-0.4, -0.2) is 51.7 Å². The normalized spacial score (nSPS) is 14.7. The minimum absolute atomic E-state index is 0.160. The number of aryl methyl sites for hydroxylation is 2. The molecular weight excluding hydrogens is 456 g/mol. The van der Waals surface area contributed by atoms with Crippen molar-refractivity contribution >= 4 is 22.9 Å². The standard InChI is InChI=1S/C27H30N6O3/c1-18-20(26(35)31-27(28-18)33-14-16-36-17-15-33)12-13-23(34)30-24(19-8-4-3-5-9-19)25-29-21-10-6-7-11-22(21)32(25)2/h3-11,24H,12-17H2,1-2H3,(H,30,34)(H,28,31,35). The van der Waals surface area contributed by atoms with Crippen molar-refractivity contribution in [1.29, 1.82) is 0 Å². The molecule has 0 radical (unpaired) electrons. The molecule has 0 bridgehead atoms. The highest BCUT2D eigenvalue weighted by Gasteiger charge is 2.23. The van der Waals surface area contributed by atoms with Crippen LogP contribution in [0.25, 0.3) is 11.0 Å². The molecule has 0 spiro atoms. The van der Waals surface area contributed by atoms with Gasteiger partial charge in [-0.1, -0.05) is 42.5 Å². The molecule has 5 rings (SSSR count).